The summed E-state index contributed by atoms with van der Waals surface area (Å²) in [4.78, 5) is 12.2. The van der Waals surface area contributed by atoms with Gasteiger partial charge in [0.05, 0.1) is 11.0 Å². The molecule has 2 aliphatic carbocycles. The van der Waals surface area contributed by atoms with Crippen LogP contribution in [0.15, 0.2) is 18.2 Å². The summed E-state index contributed by atoms with van der Waals surface area (Å²) in [5.74, 6) is 0.191. The summed E-state index contributed by atoms with van der Waals surface area (Å²) >= 11 is 0. The SMILES string of the molecule is CNCC1C2CCC(C2)CC1(O)c1cc(F)cc(OC(=O)C(C)(C)C)c1. The molecule has 0 heterocycles. The van der Waals surface area contributed by atoms with Gasteiger partial charge in [-0.05, 0) is 76.6 Å². The van der Waals surface area contributed by atoms with Crippen LogP contribution in [0.1, 0.15) is 52.0 Å². The van der Waals surface area contributed by atoms with Gasteiger partial charge in [-0.1, -0.05) is 6.42 Å². The van der Waals surface area contributed by atoms with Gasteiger partial charge in [0.1, 0.15) is 11.6 Å². The van der Waals surface area contributed by atoms with E-state index in [9.17, 15) is 14.3 Å². The summed E-state index contributed by atoms with van der Waals surface area (Å²) in [5.41, 5.74) is -1.26. The fourth-order valence-corrected chi connectivity index (χ4v) is 4.66. The summed E-state index contributed by atoms with van der Waals surface area (Å²) in [5, 5.41) is 14.8. The van der Waals surface area contributed by atoms with Crippen LogP contribution in [0.25, 0.3) is 0 Å². The molecule has 0 saturated heterocycles. The zero-order chi connectivity index (χ0) is 19.1. The molecule has 0 spiro atoms. The van der Waals surface area contributed by atoms with E-state index in [1.807, 2.05) is 7.05 Å². The third kappa shape index (κ3) is 3.65. The standard InChI is InChI=1S/C21H30FNO3/c1-20(2,3)19(24)26-17-9-15(8-16(22)10-17)21(25)11-13-5-6-14(7-13)18(21)12-23-4/h8-10,13-14,18,23,25H,5-7,11-12H2,1-4H3. The topological polar surface area (TPSA) is 58.6 Å². The third-order valence-corrected chi connectivity index (χ3v) is 5.98. The summed E-state index contributed by atoms with van der Waals surface area (Å²) in [6, 6.07) is 4.24. The largest absolute Gasteiger partial charge is 0.426 e. The van der Waals surface area contributed by atoms with Gasteiger partial charge in [0, 0.05) is 18.5 Å². The highest BCUT2D eigenvalue weighted by Crippen LogP contribution is 2.54. The fraction of sp³-hybridized carbons (Fsp3) is 0.667. The molecule has 2 bridgehead atoms. The predicted octanol–water partition coefficient (Wildman–Crippen LogP) is 3.62. The molecule has 4 atom stereocenters. The lowest BCUT2D eigenvalue weighted by atomic mass is 9.66. The minimum Gasteiger partial charge on any atom is -0.426 e. The molecular weight excluding hydrogens is 333 g/mol. The molecule has 5 heteroatoms. The van der Waals surface area contributed by atoms with Crippen molar-refractivity contribution in [2.75, 3.05) is 13.6 Å². The van der Waals surface area contributed by atoms with E-state index in [0.29, 0.717) is 30.4 Å². The number of nitrogens with one attached hydrogen (secondary N) is 1. The van der Waals surface area contributed by atoms with Crippen LogP contribution in [0.5, 0.6) is 5.75 Å². The maximum absolute atomic E-state index is 14.3. The predicted molar refractivity (Wildman–Crippen MR) is 98.3 cm³/mol. The quantitative estimate of drug-likeness (QED) is 0.634. The fourth-order valence-electron chi connectivity index (χ4n) is 4.66. The van der Waals surface area contributed by atoms with Crippen LogP contribution in [0.3, 0.4) is 0 Å². The lowest BCUT2D eigenvalue weighted by molar-refractivity contribution is -0.143. The molecule has 2 aliphatic rings. The molecule has 2 N–H and O–H groups in total. The first-order valence-corrected chi connectivity index (χ1v) is 9.54. The number of carbonyl (C=O) groups is 1. The average Bonchev–Trinajstić information content (AvgIpc) is 2.93. The van der Waals surface area contributed by atoms with Gasteiger partial charge in [-0.3, -0.25) is 4.79 Å². The van der Waals surface area contributed by atoms with Crippen molar-refractivity contribution in [3.8, 4) is 5.75 Å². The van der Waals surface area contributed by atoms with Crippen LogP contribution in [0, 0.1) is 29.0 Å². The molecular formula is C21H30FNO3. The highest BCUT2D eigenvalue weighted by molar-refractivity contribution is 5.77. The molecule has 2 fully saturated rings. The molecule has 26 heavy (non-hydrogen) atoms. The first-order chi connectivity index (χ1) is 12.1. The smallest absolute Gasteiger partial charge is 0.316 e. The third-order valence-electron chi connectivity index (χ3n) is 5.98. The number of benzene rings is 1. The van der Waals surface area contributed by atoms with E-state index in [0.717, 1.165) is 19.3 Å². The summed E-state index contributed by atoms with van der Waals surface area (Å²) < 4.78 is 19.7. The Bertz CT molecular complexity index is 684. The van der Waals surface area contributed by atoms with Gasteiger partial charge in [0.2, 0.25) is 0 Å². The number of fused-ring (bicyclic) bond motifs is 2. The summed E-state index contributed by atoms with van der Waals surface area (Å²) in [7, 11) is 1.88. The van der Waals surface area contributed by atoms with E-state index in [4.69, 9.17) is 4.74 Å². The van der Waals surface area contributed by atoms with Crippen molar-refractivity contribution in [1.29, 1.82) is 0 Å². The van der Waals surface area contributed by atoms with E-state index >= 15 is 0 Å². The van der Waals surface area contributed by atoms with Crippen LogP contribution in [-0.2, 0) is 10.4 Å². The molecule has 0 aromatic heterocycles. The van der Waals surface area contributed by atoms with Crippen molar-refractivity contribution < 1.29 is 19.0 Å². The van der Waals surface area contributed by atoms with Gasteiger partial charge in [-0.25, -0.2) is 4.39 Å². The Kier molecular flexibility index (Phi) is 5.15. The lowest BCUT2D eigenvalue weighted by Crippen LogP contribution is -2.47. The molecule has 4 unspecified atom stereocenters. The van der Waals surface area contributed by atoms with Crippen molar-refractivity contribution in [3.05, 3.63) is 29.6 Å². The average molecular weight is 363 g/mol. The molecule has 0 amide bonds. The number of rotatable bonds is 4. The maximum atomic E-state index is 14.3. The number of esters is 1. The van der Waals surface area contributed by atoms with Crippen LogP contribution in [-0.4, -0.2) is 24.7 Å². The van der Waals surface area contributed by atoms with Gasteiger partial charge < -0.3 is 15.2 Å². The first kappa shape index (κ1) is 19.3. The number of hydrogen-bond donors (Lipinski definition) is 2. The van der Waals surface area contributed by atoms with Crippen molar-refractivity contribution in [3.63, 3.8) is 0 Å². The zero-order valence-electron chi connectivity index (χ0n) is 16.1. The number of carbonyl (C=O) groups excluding carboxylic acids is 1. The Balaban J connectivity index is 1.95. The molecule has 2 saturated carbocycles. The molecule has 1 aromatic carbocycles. The normalized spacial score (nSPS) is 31.1. The van der Waals surface area contributed by atoms with Crippen LogP contribution in [0.2, 0.25) is 0 Å². The van der Waals surface area contributed by atoms with Crippen LogP contribution >= 0.6 is 0 Å². The van der Waals surface area contributed by atoms with Crippen molar-refractivity contribution in [2.45, 2.75) is 52.1 Å². The van der Waals surface area contributed by atoms with Crippen molar-refractivity contribution >= 4 is 5.97 Å². The maximum Gasteiger partial charge on any atom is 0.316 e. The second-order valence-corrected chi connectivity index (χ2v) is 9.05. The zero-order valence-corrected chi connectivity index (χ0v) is 16.1. The van der Waals surface area contributed by atoms with Crippen LogP contribution in [0.4, 0.5) is 4.39 Å². The Hall–Kier alpha value is -1.46. The highest BCUT2D eigenvalue weighted by atomic mass is 19.1. The van der Waals surface area contributed by atoms with E-state index < -0.39 is 22.8 Å². The summed E-state index contributed by atoms with van der Waals surface area (Å²) in [6.07, 6.45) is 4.00. The molecule has 1 aromatic rings. The van der Waals surface area contributed by atoms with Crippen molar-refractivity contribution in [1.82, 2.24) is 5.32 Å². The summed E-state index contributed by atoms with van der Waals surface area (Å²) in [6.45, 7) is 5.95. The minimum atomic E-state index is -1.10. The van der Waals surface area contributed by atoms with Gasteiger partial charge in [-0.2, -0.15) is 0 Å². The van der Waals surface area contributed by atoms with E-state index in [2.05, 4.69) is 5.32 Å². The molecule has 4 nitrogen and oxygen atoms in total. The molecule has 0 radical (unpaired) electrons. The minimum absolute atomic E-state index is 0.0271. The van der Waals surface area contributed by atoms with E-state index in [1.165, 1.54) is 12.1 Å². The Morgan fingerprint density at radius 3 is 2.73 bits per heavy atom. The van der Waals surface area contributed by atoms with Gasteiger partial charge in [0.15, 0.2) is 0 Å². The number of aliphatic hydroxyl groups is 1. The van der Waals surface area contributed by atoms with Gasteiger partial charge in [0.25, 0.3) is 0 Å². The van der Waals surface area contributed by atoms with Gasteiger partial charge >= 0.3 is 5.97 Å². The van der Waals surface area contributed by atoms with E-state index in [1.54, 1.807) is 26.8 Å². The van der Waals surface area contributed by atoms with E-state index in [-0.39, 0.29) is 11.7 Å². The molecule has 0 aliphatic heterocycles. The number of hydrogen-bond acceptors (Lipinski definition) is 4. The Labute approximate surface area is 155 Å². The monoisotopic (exact) mass is 363 g/mol. The lowest BCUT2D eigenvalue weighted by Gasteiger charge is -2.44. The first-order valence-electron chi connectivity index (χ1n) is 9.54. The van der Waals surface area contributed by atoms with Gasteiger partial charge in [-0.15, -0.1) is 0 Å². The second-order valence-electron chi connectivity index (χ2n) is 9.05. The van der Waals surface area contributed by atoms with Crippen LogP contribution < -0.4 is 10.1 Å². The Morgan fingerprint density at radius 1 is 1.35 bits per heavy atom. The molecule has 144 valence electrons. The number of halogens is 1. The number of ether oxygens (including phenoxy) is 1. The second kappa shape index (κ2) is 6.93. The highest BCUT2D eigenvalue weighted by Gasteiger charge is 2.51. The van der Waals surface area contributed by atoms with Crippen molar-refractivity contribution in [2.24, 2.45) is 23.2 Å². The molecule has 3 rings (SSSR count). The Morgan fingerprint density at radius 2 is 2.08 bits per heavy atom.